The fraction of sp³-hybridized carbons (Fsp3) is 0.0667. The maximum absolute atomic E-state index is 2.52. The van der Waals surface area contributed by atoms with Gasteiger partial charge in [-0.3, -0.25) is 0 Å². The lowest BCUT2D eigenvalue weighted by atomic mass is 9.35. The average molecular weight is 645 g/mol. The molecule has 0 saturated carbocycles. The zero-order valence-electron chi connectivity index (χ0n) is 27.7. The van der Waals surface area contributed by atoms with Crippen LogP contribution in [0.5, 0.6) is 0 Å². The van der Waals surface area contributed by atoms with Crippen molar-refractivity contribution in [3.05, 3.63) is 162 Å². The number of hydrogen-bond donors (Lipinski definition) is 0. The van der Waals surface area contributed by atoms with Gasteiger partial charge in [0, 0.05) is 42.7 Å². The lowest BCUT2D eigenvalue weighted by molar-refractivity contribution is 1.17. The van der Waals surface area contributed by atoms with Crippen LogP contribution in [0.2, 0.25) is 0 Å². The Morgan fingerprint density at radius 2 is 1.12 bits per heavy atom. The summed E-state index contributed by atoms with van der Waals surface area (Å²) in [6.45, 7) is 6.96. The van der Waals surface area contributed by atoms with Crippen LogP contribution < -0.4 is 16.4 Å². The molecule has 49 heavy (non-hydrogen) atoms. The number of aryl methyl sites for hydroxylation is 3. The molecule has 0 radical (unpaired) electrons. The predicted octanol–water partition coefficient (Wildman–Crippen LogP) is 9.79. The third-order valence-corrected chi connectivity index (χ3v) is 11.7. The van der Waals surface area contributed by atoms with E-state index in [1.807, 2.05) is 11.8 Å². The molecule has 0 bridgehead atoms. The highest BCUT2D eigenvalue weighted by molar-refractivity contribution is 8.00. The van der Waals surface area contributed by atoms with Crippen LogP contribution >= 0.6 is 11.8 Å². The molecule has 2 aromatic heterocycles. The predicted molar refractivity (Wildman–Crippen MR) is 211 cm³/mol. The van der Waals surface area contributed by atoms with Gasteiger partial charge >= 0.3 is 0 Å². The van der Waals surface area contributed by atoms with Gasteiger partial charge in [0.15, 0.2) is 0 Å². The maximum atomic E-state index is 2.52. The SMILES string of the molecule is Cc1cc(C)c(B2c3ccccc3Sc3cc(-n4c5ccccc5c5ccc6c(c7ccccc7n6-c6ccccc6)c54)ccc32)c(C)c1. The van der Waals surface area contributed by atoms with Crippen LogP contribution in [0.4, 0.5) is 0 Å². The second-order valence-electron chi connectivity index (χ2n) is 13.5. The summed E-state index contributed by atoms with van der Waals surface area (Å²) in [5.74, 6) is 0. The van der Waals surface area contributed by atoms with Gasteiger partial charge < -0.3 is 9.13 Å². The lowest BCUT2D eigenvalue weighted by Crippen LogP contribution is -2.56. The molecule has 1 aliphatic heterocycles. The van der Waals surface area contributed by atoms with Crippen LogP contribution in [0.15, 0.2) is 155 Å². The summed E-state index contributed by atoms with van der Waals surface area (Å²) in [6, 6.07) is 54.1. The first-order chi connectivity index (χ1) is 24.1. The molecule has 9 aromatic rings. The van der Waals surface area contributed by atoms with Crippen LogP contribution in [0.1, 0.15) is 16.7 Å². The minimum atomic E-state index is 0.191. The van der Waals surface area contributed by atoms with Crippen LogP contribution in [0, 0.1) is 20.8 Å². The standard InChI is InChI=1S/C45H33BN2S/c1-28-25-29(2)44(30(3)26-28)46-36-17-9-12-20-41(36)49-42-27-32(21-23-37(42)46)48-38-18-10-7-15-33(38)34-22-24-40-43(45(34)48)35-16-8-11-19-39(35)47(40)31-13-5-4-6-14-31/h4-27H,1-3H3. The number of benzene rings is 7. The summed E-state index contributed by atoms with van der Waals surface area (Å²) < 4.78 is 4.94. The van der Waals surface area contributed by atoms with Crippen LogP contribution in [0.25, 0.3) is 55.0 Å². The normalized spacial score (nSPS) is 12.7. The average Bonchev–Trinajstić information content (AvgIpc) is 3.64. The number of fused-ring (bicyclic) bond motifs is 9. The Morgan fingerprint density at radius 1 is 0.469 bits per heavy atom. The molecule has 0 saturated heterocycles. The molecule has 0 amide bonds. The van der Waals surface area contributed by atoms with Crippen molar-refractivity contribution in [2.45, 2.75) is 30.6 Å². The van der Waals surface area contributed by atoms with E-state index in [-0.39, 0.29) is 6.71 Å². The number of hydrogen-bond acceptors (Lipinski definition) is 1. The number of nitrogens with zero attached hydrogens (tertiary/aromatic N) is 2. The lowest BCUT2D eigenvalue weighted by Gasteiger charge is -2.29. The Kier molecular flexibility index (Phi) is 6.28. The van der Waals surface area contributed by atoms with E-state index in [2.05, 4.69) is 175 Å². The van der Waals surface area contributed by atoms with E-state index in [0.717, 1.165) is 0 Å². The first-order valence-corrected chi connectivity index (χ1v) is 17.9. The third kappa shape index (κ3) is 4.17. The highest BCUT2D eigenvalue weighted by atomic mass is 32.2. The molecule has 0 unspecified atom stereocenters. The largest absolute Gasteiger partial charge is 0.309 e. The Bertz CT molecular complexity index is 2770. The van der Waals surface area contributed by atoms with Gasteiger partial charge in [-0.05, 0) is 69.3 Å². The highest BCUT2D eigenvalue weighted by Gasteiger charge is 2.33. The molecule has 232 valence electrons. The Morgan fingerprint density at radius 3 is 1.92 bits per heavy atom. The molecule has 0 N–H and O–H groups in total. The van der Waals surface area contributed by atoms with Crippen molar-refractivity contribution in [3.8, 4) is 11.4 Å². The summed E-state index contributed by atoms with van der Waals surface area (Å²) in [6.07, 6.45) is 0. The van der Waals surface area contributed by atoms with Crippen molar-refractivity contribution in [3.63, 3.8) is 0 Å². The van der Waals surface area contributed by atoms with Crippen molar-refractivity contribution in [2.24, 2.45) is 0 Å². The van der Waals surface area contributed by atoms with Gasteiger partial charge in [-0.1, -0.05) is 142 Å². The minimum Gasteiger partial charge on any atom is -0.309 e. The maximum Gasteiger partial charge on any atom is 0.244 e. The molecule has 10 rings (SSSR count). The fourth-order valence-corrected chi connectivity index (χ4v) is 9.85. The van der Waals surface area contributed by atoms with Gasteiger partial charge in [-0.15, -0.1) is 0 Å². The molecule has 0 atom stereocenters. The molecule has 0 spiro atoms. The van der Waals surface area contributed by atoms with E-state index < -0.39 is 0 Å². The molecule has 0 fully saturated rings. The quantitative estimate of drug-likeness (QED) is 0.174. The Labute approximate surface area is 290 Å². The minimum absolute atomic E-state index is 0.191. The van der Waals surface area contributed by atoms with Crippen molar-refractivity contribution in [2.75, 3.05) is 0 Å². The van der Waals surface area contributed by atoms with Crippen molar-refractivity contribution in [1.29, 1.82) is 0 Å². The summed E-state index contributed by atoms with van der Waals surface area (Å²) in [4.78, 5) is 2.66. The number of para-hydroxylation sites is 3. The summed E-state index contributed by atoms with van der Waals surface area (Å²) >= 11 is 1.91. The second-order valence-corrected chi connectivity index (χ2v) is 14.6. The van der Waals surface area contributed by atoms with E-state index >= 15 is 0 Å². The van der Waals surface area contributed by atoms with E-state index in [9.17, 15) is 0 Å². The Balaban J connectivity index is 1.28. The first kappa shape index (κ1) is 28.6. The summed E-state index contributed by atoms with van der Waals surface area (Å²) in [5, 5.41) is 5.10. The topological polar surface area (TPSA) is 9.86 Å². The first-order valence-electron chi connectivity index (χ1n) is 17.1. The molecule has 7 aromatic carbocycles. The monoisotopic (exact) mass is 644 g/mol. The van der Waals surface area contributed by atoms with Crippen LogP contribution in [-0.2, 0) is 0 Å². The number of aromatic nitrogens is 2. The molecule has 2 nitrogen and oxygen atoms in total. The zero-order valence-corrected chi connectivity index (χ0v) is 28.6. The highest BCUT2D eigenvalue weighted by Crippen LogP contribution is 2.42. The van der Waals surface area contributed by atoms with Gasteiger partial charge in [0.2, 0.25) is 6.71 Å². The smallest absolute Gasteiger partial charge is 0.244 e. The van der Waals surface area contributed by atoms with Gasteiger partial charge in [-0.2, -0.15) is 0 Å². The van der Waals surface area contributed by atoms with Crippen LogP contribution in [-0.4, -0.2) is 15.8 Å². The second kappa shape index (κ2) is 10.8. The molecule has 3 heterocycles. The Hall–Kier alpha value is -5.45. The third-order valence-electron chi connectivity index (χ3n) is 10.5. The zero-order chi connectivity index (χ0) is 32.8. The van der Waals surface area contributed by atoms with Gasteiger partial charge in [0.1, 0.15) is 0 Å². The van der Waals surface area contributed by atoms with Crippen LogP contribution in [0.3, 0.4) is 0 Å². The van der Waals surface area contributed by atoms with Crippen molar-refractivity contribution >= 4 is 78.5 Å². The summed E-state index contributed by atoms with van der Waals surface area (Å²) in [7, 11) is 0. The summed E-state index contributed by atoms with van der Waals surface area (Å²) in [5.41, 5.74) is 15.5. The van der Waals surface area contributed by atoms with Gasteiger partial charge in [-0.25, -0.2) is 0 Å². The van der Waals surface area contributed by atoms with E-state index in [4.69, 9.17) is 0 Å². The molecular formula is C45H33BN2S. The van der Waals surface area contributed by atoms with Crippen molar-refractivity contribution < 1.29 is 0 Å². The van der Waals surface area contributed by atoms with Gasteiger partial charge in [0.25, 0.3) is 0 Å². The van der Waals surface area contributed by atoms with E-state index in [0.29, 0.717) is 0 Å². The van der Waals surface area contributed by atoms with E-state index in [1.54, 1.807) is 0 Å². The molecule has 0 aliphatic carbocycles. The molecular weight excluding hydrogens is 611 g/mol. The number of rotatable bonds is 3. The fourth-order valence-electron chi connectivity index (χ4n) is 8.68. The molecule has 4 heteroatoms. The van der Waals surface area contributed by atoms with E-state index in [1.165, 1.54) is 97.9 Å². The van der Waals surface area contributed by atoms with Gasteiger partial charge in [0.05, 0.1) is 22.1 Å². The molecule has 1 aliphatic rings. The van der Waals surface area contributed by atoms with Crippen molar-refractivity contribution in [1.82, 2.24) is 9.13 Å².